The predicted octanol–water partition coefficient (Wildman–Crippen LogP) is 2.13. The van der Waals surface area contributed by atoms with Gasteiger partial charge < -0.3 is 29.0 Å². The number of hydrogen-bond acceptors (Lipinski definition) is 8. The Balaban J connectivity index is 1.24. The van der Waals surface area contributed by atoms with Crippen molar-refractivity contribution in [1.29, 1.82) is 0 Å². The molecule has 2 aromatic carbocycles. The van der Waals surface area contributed by atoms with Crippen molar-refractivity contribution in [3.8, 4) is 23.0 Å². The number of carbonyl (C=O) groups is 1. The zero-order chi connectivity index (χ0) is 23.1. The summed E-state index contributed by atoms with van der Waals surface area (Å²) >= 11 is 0. The summed E-state index contributed by atoms with van der Waals surface area (Å²) in [6.07, 6.45) is -0.0755. The number of phenolic OH excluding ortho intramolecular Hbond substituents is 2. The summed E-state index contributed by atoms with van der Waals surface area (Å²) in [5.74, 6) is 0.524. The van der Waals surface area contributed by atoms with Gasteiger partial charge in [0.25, 0.3) is 0 Å². The van der Waals surface area contributed by atoms with E-state index >= 15 is 0 Å². The molecular formula is C24H24N2O7. The molecule has 1 saturated heterocycles. The molecule has 0 atom stereocenters. The fourth-order valence-electron chi connectivity index (χ4n) is 4.35. The second kappa shape index (κ2) is 8.32. The van der Waals surface area contributed by atoms with Gasteiger partial charge in [-0.2, -0.15) is 0 Å². The van der Waals surface area contributed by atoms with Crippen molar-refractivity contribution in [1.82, 2.24) is 9.80 Å². The average Bonchev–Trinajstić information content (AvgIpc) is 3.28. The van der Waals surface area contributed by atoms with E-state index in [1.807, 2.05) is 18.2 Å². The van der Waals surface area contributed by atoms with Crippen LogP contribution in [-0.4, -0.2) is 58.9 Å². The van der Waals surface area contributed by atoms with Gasteiger partial charge in [-0.15, -0.1) is 0 Å². The molecule has 2 aliphatic rings. The first kappa shape index (κ1) is 21.1. The molecule has 2 aliphatic heterocycles. The molecule has 1 amide bonds. The molecule has 1 aromatic heterocycles. The van der Waals surface area contributed by atoms with Gasteiger partial charge in [0.1, 0.15) is 0 Å². The molecule has 0 unspecified atom stereocenters. The normalized spacial score (nSPS) is 15.8. The number of aryl methyl sites for hydroxylation is 1. The largest absolute Gasteiger partial charge is 0.504 e. The Bertz CT molecular complexity index is 1290. The van der Waals surface area contributed by atoms with Gasteiger partial charge in [-0.05, 0) is 42.3 Å². The van der Waals surface area contributed by atoms with E-state index in [9.17, 15) is 19.8 Å². The Hall–Kier alpha value is -3.72. The number of rotatable bonds is 4. The summed E-state index contributed by atoms with van der Waals surface area (Å²) in [6, 6.07) is 8.81. The number of carbonyl (C=O) groups excluding carboxylic acids is 1. The van der Waals surface area contributed by atoms with Crippen LogP contribution in [0.1, 0.15) is 16.7 Å². The summed E-state index contributed by atoms with van der Waals surface area (Å²) in [4.78, 5) is 29.5. The topological polar surface area (TPSA) is 113 Å². The molecule has 9 heteroatoms. The number of fused-ring (bicyclic) bond motifs is 2. The van der Waals surface area contributed by atoms with Crippen LogP contribution >= 0.6 is 0 Å². The van der Waals surface area contributed by atoms with E-state index in [4.69, 9.17) is 13.9 Å². The van der Waals surface area contributed by atoms with Gasteiger partial charge in [0.2, 0.25) is 18.4 Å². The van der Waals surface area contributed by atoms with Crippen LogP contribution in [0.3, 0.4) is 0 Å². The molecule has 172 valence electrons. The Morgan fingerprint density at radius 3 is 2.58 bits per heavy atom. The molecule has 3 aromatic rings. The van der Waals surface area contributed by atoms with Crippen LogP contribution in [0.5, 0.6) is 23.0 Å². The van der Waals surface area contributed by atoms with Crippen LogP contribution in [0.25, 0.3) is 11.0 Å². The number of ether oxygens (including phenoxy) is 2. The maximum Gasteiger partial charge on any atom is 0.340 e. The zero-order valence-electron chi connectivity index (χ0n) is 18.2. The van der Waals surface area contributed by atoms with Gasteiger partial charge in [0, 0.05) is 38.1 Å². The highest BCUT2D eigenvalue weighted by atomic mass is 16.7. The molecule has 9 nitrogen and oxygen atoms in total. The van der Waals surface area contributed by atoms with Gasteiger partial charge in [0.15, 0.2) is 22.8 Å². The minimum atomic E-state index is -0.685. The summed E-state index contributed by atoms with van der Waals surface area (Å²) in [5.41, 5.74) is 1.19. The molecule has 0 radical (unpaired) electrons. The highest BCUT2D eigenvalue weighted by molar-refractivity contribution is 5.89. The maximum absolute atomic E-state index is 12.9. The van der Waals surface area contributed by atoms with Crippen molar-refractivity contribution in [3.05, 3.63) is 57.4 Å². The van der Waals surface area contributed by atoms with E-state index in [0.29, 0.717) is 24.0 Å². The van der Waals surface area contributed by atoms with Crippen molar-refractivity contribution in [2.75, 3.05) is 33.0 Å². The number of piperazine rings is 1. The van der Waals surface area contributed by atoms with Crippen LogP contribution in [0.2, 0.25) is 0 Å². The molecule has 1 fully saturated rings. The van der Waals surface area contributed by atoms with Crippen molar-refractivity contribution in [2.45, 2.75) is 19.9 Å². The van der Waals surface area contributed by atoms with Crippen LogP contribution in [0.4, 0.5) is 0 Å². The average molecular weight is 452 g/mol. The van der Waals surface area contributed by atoms with E-state index in [-0.39, 0.29) is 36.0 Å². The lowest BCUT2D eigenvalue weighted by Gasteiger charge is -2.34. The fourth-order valence-corrected chi connectivity index (χ4v) is 4.35. The Morgan fingerprint density at radius 2 is 1.79 bits per heavy atom. The van der Waals surface area contributed by atoms with E-state index in [0.717, 1.165) is 36.7 Å². The number of benzene rings is 2. The van der Waals surface area contributed by atoms with E-state index in [2.05, 4.69) is 4.90 Å². The summed E-state index contributed by atoms with van der Waals surface area (Å²) in [6.45, 7) is 5.28. The predicted molar refractivity (Wildman–Crippen MR) is 119 cm³/mol. The third-order valence-electron chi connectivity index (χ3n) is 6.30. The lowest BCUT2D eigenvalue weighted by Crippen LogP contribution is -2.49. The van der Waals surface area contributed by atoms with Crippen LogP contribution in [0, 0.1) is 6.92 Å². The minimum Gasteiger partial charge on any atom is -0.504 e. The molecule has 0 saturated carbocycles. The van der Waals surface area contributed by atoms with Crippen LogP contribution in [0.15, 0.2) is 39.5 Å². The van der Waals surface area contributed by atoms with Gasteiger partial charge in [-0.3, -0.25) is 9.69 Å². The number of nitrogens with zero attached hydrogens (tertiary/aromatic N) is 2. The van der Waals surface area contributed by atoms with E-state index < -0.39 is 11.4 Å². The second-order valence-corrected chi connectivity index (χ2v) is 8.32. The molecule has 0 bridgehead atoms. The minimum absolute atomic E-state index is 0.0755. The smallest absolute Gasteiger partial charge is 0.340 e. The fraction of sp³-hybridized carbons (Fsp3) is 0.333. The monoisotopic (exact) mass is 452 g/mol. The zero-order valence-corrected chi connectivity index (χ0v) is 18.2. The second-order valence-electron chi connectivity index (χ2n) is 8.32. The van der Waals surface area contributed by atoms with Crippen molar-refractivity contribution >= 4 is 16.9 Å². The molecule has 33 heavy (non-hydrogen) atoms. The first-order chi connectivity index (χ1) is 15.9. The Kier molecular flexibility index (Phi) is 5.33. The SMILES string of the molecule is Cc1c(CC(=O)N2CCN(Cc3ccc4c(c3)OCO4)CC2)c(=O)oc2c(O)c(O)ccc12. The molecule has 5 rings (SSSR count). The number of hydrogen-bond donors (Lipinski definition) is 2. The first-order valence-electron chi connectivity index (χ1n) is 10.8. The summed E-state index contributed by atoms with van der Waals surface area (Å²) in [5, 5.41) is 20.1. The number of aromatic hydroxyl groups is 2. The summed E-state index contributed by atoms with van der Waals surface area (Å²) < 4.78 is 16.0. The van der Waals surface area contributed by atoms with Gasteiger partial charge in [-0.1, -0.05) is 6.07 Å². The third-order valence-corrected chi connectivity index (χ3v) is 6.30. The van der Waals surface area contributed by atoms with Gasteiger partial charge in [-0.25, -0.2) is 4.79 Å². The third kappa shape index (κ3) is 3.95. The van der Waals surface area contributed by atoms with Crippen molar-refractivity contribution < 1.29 is 28.9 Å². The molecule has 3 heterocycles. The molecular weight excluding hydrogens is 428 g/mol. The van der Waals surface area contributed by atoms with E-state index in [1.54, 1.807) is 17.9 Å². The maximum atomic E-state index is 12.9. The Morgan fingerprint density at radius 1 is 1.03 bits per heavy atom. The molecule has 2 N–H and O–H groups in total. The quantitative estimate of drug-likeness (QED) is 0.457. The van der Waals surface area contributed by atoms with Crippen molar-refractivity contribution in [3.63, 3.8) is 0 Å². The summed E-state index contributed by atoms with van der Waals surface area (Å²) in [7, 11) is 0. The first-order valence-corrected chi connectivity index (χ1v) is 10.8. The van der Waals surface area contributed by atoms with Gasteiger partial charge in [0.05, 0.1) is 12.0 Å². The molecule has 0 spiro atoms. The Labute approximate surface area is 189 Å². The molecule has 0 aliphatic carbocycles. The van der Waals surface area contributed by atoms with Gasteiger partial charge >= 0.3 is 5.63 Å². The lowest BCUT2D eigenvalue weighted by molar-refractivity contribution is -0.132. The van der Waals surface area contributed by atoms with E-state index in [1.165, 1.54) is 6.07 Å². The number of amides is 1. The lowest BCUT2D eigenvalue weighted by atomic mass is 10.0. The van der Waals surface area contributed by atoms with Crippen LogP contribution < -0.4 is 15.1 Å². The standard InChI is InChI=1S/C24H24N2O7/c1-14-16-3-4-18(27)22(29)23(16)33-24(30)17(14)11-21(28)26-8-6-25(7-9-26)12-15-2-5-19-20(10-15)32-13-31-19/h2-5,10,27,29H,6-9,11-13H2,1H3. The van der Waals surface area contributed by atoms with Crippen LogP contribution in [-0.2, 0) is 17.8 Å². The highest BCUT2D eigenvalue weighted by Gasteiger charge is 2.25. The highest BCUT2D eigenvalue weighted by Crippen LogP contribution is 2.35. The van der Waals surface area contributed by atoms with Crippen molar-refractivity contribution in [2.24, 2.45) is 0 Å². The number of phenols is 2.